The van der Waals surface area contributed by atoms with Gasteiger partial charge in [-0.2, -0.15) is 0 Å². The van der Waals surface area contributed by atoms with E-state index in [2.05, 4.69) is 17.2 Å². The van der Waals surface area contributed by atoms with Crippen molar-refractivity contribution in [3.8, 4) is 5.19 Å². The summed E-state index contributed by atoms with van der Waals surface area (Å²) in [5, 5.41) is 3.97. The van der Waals surface area contributed by atoms with Crippen molar-refractivity contribution in [1.29, 1.82) is 0 Å². The predicted octanol–water partition coefficient (Wildman–Crippen LogP) is 1.11. The van der Waals surface area contributed by atoms with Crippen LogP contribution in [0.25, 0.3) is 0 Å². The van der Waals surface area contributed by atoms with Crippen LogP contribution in [0.2, 0.25) is 0 Å². The highest BCUT2D eigenvalue weighted by Crippen LogP contribution is 2.24. The number of nitrogens with zero attached hydrogens (tertiary/aromatic N) is 1. The van der Waals surface area contributed by atoms with E-state index >= 15 is 0 Å². The van der Waals surface area contributed by atoms with Gasteiger partial charge in [0.2, 0.25) is 0 Å². The molecule has 12 heavy (non-hydrogen) atoms. The molecule has 66 valence electrons. The fourth-order valence-corrected chi connectivity index (χ4v) is 1.80. The van der Waals surface area contributed by atoms with Gasteiger partial charge in [-0.3, -0.25) is 0 Å². The molecule has 0 spiro atoms. The van der Waals surface area contributed by atoms with E-state index in [1.807, 2.05) is 6.92 Å². The van der Waals surface area contributed by atoms with Gasteiger partial charge in [0.05, 0.1) is 5.69 Å². The molecule has 0 amide bonds. The average Bonchev–Trinajstić information content (AvgIpc) is 2.24. The summed E-state index contributed by atoms with van der Waals surface area (Å²) in [6.07, 6.45) is 0.343. The Morgan fingerprint density at radius 3 is 2.67 bits per heavy atom. The first-order chi connectivity index (χ1) is 5.75. The summed E-state index contributed by atoms with van der Waals surface area (Å²) in [6.45, 7) is 5.99. The largest absolute Gasteiger partial charge is 0.464 e. The molecule has 2 rings (SSSR count). The number of aromatic nitrogens is 1. The fourth-order valence-electron chi connectivity index (χ4n) is 0.982. The van der Waals surface area contributed by atoms with Crippen molar-refractivity contribution in [3.05, 3.63) is 10.6 Å². The van der Waals surface area contributed by atoms with Gasteiger partial charge in [0.15, 0.2) is 0 Å². The van der Waals surface area contributed by atoms with Crippen molar-refractivity contribution in [2.75, 3.05) is 13.1 Å². The van der Waals surface area contributed by atoms with Crippen molar-refractivity contribution in [2.24, 2.45) is 0 Å². The molecule has 4 heteroatoms. The fraction of sp³-hybridized carbons (Fsp3) is 0.625. The van der Waals surface area contributed by atoms with E-state index in [0.29, 0.717) is 6.10 Å². The van der Waals surface area contributed by atoms with Gasteiger partial charge in [-0.05, 0) is 13.8 Å². The minimum atomic E-state index is 0.343. The molecule has 1 fully saturated rings. The summed E-state index contributed by atoms with van der Waals surface area (Å²) >= 11 is 1.63. The Hall–Kier alpha value is -0.610. The molecule has 0 unspecified atom stereocenters. The summed E-state index contributed by atoms with van der Waals surface area (Å²) in [5.74, 6) is 0. The standard InChI is InChI=1S/C8H12N2OS/c1-5-6(2)12-8(10-5)11-7-3-9-4-7/h7,9H,3-4H2,1-2H3. The first-order valence-electron chi connectivity index (χ1n) is 4.07. The van der Waals surface area contributed by atoms with Crippen molar-refractivity contribution >= 4 is 11.3 Å². The van der Waals surface area contributed by atoms with E-state index in [1.54, 1.807) is 11.3 Å². The first kappa shape index (κ1) is 8.01. The number of hydrogen-bond acceptors (Lipinski definition) is 4. The number of hydrogen-bond donors (Lipinski definition) is 1. The lowest BCUT2D eigenvalue weighted by Crippen LogP contribution is -2.50. The van der Waals surface area contributed by atoms with Crippen LogP contribution in [0.4, 0.5) is 0 Å². The summed E-state index contributed by atoms with van der Waals surface area (Å²) in [4.78, 5) is 5.55. The second-order valence-electron chi connectivity index (χ2n) is 3.02. The molecule has 1 aliphatic heterocycles. The number of aryl methyl sites for hydroxylation is 2. The second kappa shape index (κ2) is 3.03. The Kier molecular flexibility index (Phi) is 2.02. The molecule has 0 aromatic carbocycles. The molecule has 1 aromatic heterocycles. The zero-order chi connectivity index (χ0) is 8.55. The number of thiazole rings is 1. The van der Waals surface area contributed by atoms with Gasteiger partial charge in [-0.1, -0.05) is 11.3 Å². The molecule has 1 aliphatic rings. The topological polar surface area (TPSA) is 34.1 Å². The first-order valence-corrected chi connectivity index (χ1v) is 4.89. The van der Waals surface area contributed by atoms with Gasteiger partial charge in [-0.25, -0.2) is 4.98 Å². The molecule has 0 atom stereocenters. The van der Waals surface area contributed by atoms with Gasteiger partial charge in [-0.15, -0.1) is 0 Å². The highest BCUT2D eigenvalue weighted by molar-refractivity contribution is 7.13. The maximum absolute atomic E-state index is 5.60. The SMILES string of the molecule is Cc1nc(OC2CNC2)sc1C. The Labute approximate surface area is 75.8 Å². The molecule has 0 aliphatic carbocycles. The van der Waals surface area contributed by atoms with Gasteiger partial charge >= 0.3 is 0 Å². The van der Waals surface area contributed by atoms with E-state index in [0.717, 1.165) is 24.0 Å². The molecule has 1 N–H and O–H groups in total. The third kappa shape index (κ3) is 1.44. The lowest BCUT2D eigenvalue weighted by molar-refractivity contribution is 0.141. The lowest BCUT2D eigenvalue weighted by Gasteiger charge is -2.26. The number of nitrogens with one attached hydrogen (secondary N) is 1. The van der Waals surface area contributed by atoms with Crippen LogP contribution in [-0.2, 0) is 0 Å². The van der Waals surface area contributed by atoms with Crippen LogP contribution >= 0.6 is 11.3 Å². The van der Waals surface area contributed by atoms with Gasteiger partial charge in [0, 0.05) is 18.0 Å². The van der Waals surface area contributed by atoms with Crippen LogP contribution in [0.15, 0.2) is 0 Å². The van der Waals surface area contributed by atoms with Gasteiger partial charge < -0.3 is 10.1 Å². The van der Waals surface area contributed by atoms with Gasteiger partial charge in [0.1, 0.15) is 6.10 Å². The van der Waals surface area contributed by atoms with Crippen LogP contribution in [0.1, 0.15) is 10.6 Å². The van der Waals surface area contributed by atoms with Crippen LogP contribution in [0.5, 0.6) is 5.19 Å². The summed E-state index contributed by atoms with van der Waals surface area (Å²) in [5.41, 5.74) is 1.09. The quantitative estimate of drug-likeness (QED) is 0.747. The highest BCUT2D eigenvalue weighted by atomic mass is 32.1. The number of ether oxygens (including phenoxy) is 1. The average molecular weight is 184 g/mol. The van der Waals surface area contributed by atoms with E-state index in [-0.39, 0.29) is 0 Å². The van der Waals surface area contributed by atoms with Crippen molar-refractivity contribution in [1.82, 2.24) is 10.3 Å². The second-order valence-corrected chi connectivity index (χ2v) is 4.19. The Morgan fingerprint density at radius 1 is 1.50 bits per heavy atom. The molecule has 0 bridgehead atoms. The molecular formula is C8H12N2OS. The molecule has 0 saturated carbocycles. The molecule has 0 radical (unpaired) electrons. The monoisotopic (exact) mass is 184 g/mol. The van der Waals surface area contributed by atoms with Crippen molar-refractivity contribution in [2.45, 2.75) is 20.0 Å². The maximum atomic E-state index is 5.60. The zero-order valence-electron chi connectivity index (χ0n) is 7.26. The van der Waals surface area contributed by atoms with Crippen LogP contribution in [-0.4, -0.2) is 24.2 Å². The summed E-state index contributed by atoms with van der Waals surface area (Å²) in [6, 6.07) is 0. The van der Waals surface area contributed by atoms with Crippen LogP contribution < -0.4 is 10.1 Å². The Bertz CT molecular complexity index is 261. The van der Waals surface area contributed by atoms with Crippen molar-refractivity contribution in [3.63, 3.8) is 0 Å². The molecule has 3 nitrogen and oxygen atoms in total. The Balaban J connectivity index is 2.02. The number of rotatable bonds is 2. The minimum absolute atomic E-state index is 0.343. The molecule has 2 heterocycles. The van der Waals surface area contributed by atoms with Crippen molar-refractivity contribution < 1.29 is 4.74 Å². The lowest BCUT2D eigenvalue weighted by atomic mass is 10.2. The smallest absolute Gasteiger partial charge is 0.273 e. The highest BCUT2D eigenvalue weighted by Gasteiger charge is 2.19. The third-order valence-corrected chi connectivity index (χ3v) is 2.98. The normalized spacial score (nSPS) is 17.5. The van der Waals surface area contributed by atoms with E-state index in [4.69, 9.17) is 4.74 Å². The minimum Gasteiger partial charge on any atom is -0.464 e. The van der Waals surface area contributed by atoms with E-state index < -0.39 is 0 Å². The Morgan fingerprint density at radius 2 is 2.25 bits per heavy atom. The zero-order valence-corrected chi connectivity index (χ0v) is 8.07. The molecule has 1 saturated heterocycles. The predicted molar refractivity (Wildman–Crippen MR) is 48.9 cm³/mol. The van der Waals surface area contributed by atoms with Crippen LogP contribution in [0, 0.1) is 13.8 Å². The molecular weight excluding hydrogens is 172 g/mol. The third-order valence-electron chi connectivity index (χ3n) is 2.02. The van der Waals surface area contributed by atoms with Crippen LogP contribution in [0.3, 0.4) is 0 Å². The summed E-state index contributed by atoms with van der Waals surface area (Å²) in [7, 11) is 0. The van der Waals surface area contributed by atoms with E-state index in [9.17, 15) is 0 Å². The van der Waals surface area contributed by atoms with Gasteiger partial charge in [0.25, 0.3) is 5.19 Å². The maximum Gasteiger partial charge on any atom is 0.273 e. The summed E-state index contributed by atoms with van der Waals surface area (Å²) < 4.78 is 5.60. The molecule has 1 aromatic rings. The van der Waals surface area contributed by atoms with E-state index in [1.165, 1.54) is 4.88 Å².